The van der Waals surface area contributed by atoms with Crippen LogP contribution in [0.25, 0.3) is 0 Å². The molecule has 3 rings (SSSR count). The Hall–Kier alpha value is -1.98. The molecular weight excluding hydrogens is 510 g/mol. The van der Waals surface area contributed by atoms with Gasteiger partial charge in [-0.25, -0.2) is 14.4 Å². The van der Waals surface area contributed by atoms with Crippen molar-refractivity contribution in [3.05, 3.63) is 47.8 Å². The van der Waals surface area contributed by atoms with Gasteiger partial charge in [0.2, 0.25) is 0 Å². The van der Waals surface area contributed by atoms with E-state index in [0.29, 0.717) is 25.0 Å². The summed E-state index contributed by atoms with van der Waals surface area (Å²) in [5, 5.41) is 6.22. The SMILES string of the molecule is CCNC(=NCc1nccn1C(F)F)NC(C)c1ccc(OCC2CC2)c(F)c1.I. The molecular formula is C20H27F3IN5O. The molecule has 1 heterocycles. The summed E-state index contributed by atoms with van der Waals surface area (Å²) >= 11 is 0. The predicted octanol–water partition coefficient (Wildman–Crippen LogP) is 4.64. The van der Waals surface area contributed by atoms with Crippen molar-refractivity contribution in [3.63, 3.8) is 0 Å². The monoisotopic (exact) mass is 537 g/mol. The van der Waals surface area contributed by atoms with Crippen LogP contribution in [0.3, 0.4) is 0 Å². The molecule has 10 heteroatoms. The van der Waals surface area contributed by atoms with Gasteiger partial charge in [0.05, 0.1) is 12.6 Å². The second kappa shape index (κ2) is 11.4. The molecule has 0 spiro atoms. The highest BCUT2D eigenvalue weighted by Gasteiger charge is 2.22. The van der Waals surface area contributed by atoms with E-state index in [9.17, 15) is 13.2 Å². The predicted molar refractivity (Wildman–Crippen MR) is 120 cm³/mol. The number of aromatic nitrogens is 2. The average Bonchev–Trinajstić information content (AvgIpc) is 3.39. The van der Waals surface area contributed by atoms with Crippen LogP contribution in [0.2, 0.25) is 0 Å². The van der Waals surface area contributed by atoms with Gasteiger partial charge in [0.15, 0.2) is 17.5 Å². The quantitative estimate of drug-likeness (QED) is 0.278. The first-order valence-electron chi connectivity index (χ1n) is 9.74. The summed E-state index contributed by atoms with van der Waals surface area (Å²) in [5.74, 6) is 0.991. The molecule has 1 aromatic heterocycles. The summed E-state index contributed by atoms with van der Waals surface area (Å²) in [7, 11) is 0. The first-order chi connectivity index (χ1) is 14.0. The summed E-state index contributed by atoms with van der Waals surface area (Å²) in [4.78, 5) is 8.24. The number of nitrogens with one attached hydrogen (secondary N) is 2. The molecule has 0 amide bonds. The van der Waals surface area contributed by atoms with Gasteiger partial charge in [-0.05, 0) is 50.3 Å². The third-order valence-corrected chi connectivity index (χ3v) is 4.66. The van der Waals surface area contributed by atoms with Crippen LogP contribution in [0.4, 0.5) is 13.2 Å². The Morgan fingerprint density at radius 1 is 1.37 bits per heavy atom. The van der Waals surface area contributed by atoms with E-state index in [-0.39, 0.29) is 48.1 Å². The number of alkyl halides is 2. The zero-order valence-electron chi connectivity index (χ0n) is 16.9. The zero-order chi connectivity index (χ0) is 20.8. The van der Waals surface area contributed by atoms with E-state index in [1.807, 2.05) is 13.8 Å². The Morgan fingerprint density at radius 2 is 2.13 bits per heavy atom. The topological polar surface area (TPSA) is 63.5 Å². The van der Waals surface area contributed by atoms with Crippen molar-refractivity contribution in [2.24, 2.45) is 10.9 Å². The van der Waals surface area contributed by atoms with E-state index in [0.717, 1.165) is 23.0 Å². The van der Waals surface area contributed by atoms with Crippen molar-refractivity contribution in [1.29, 1.82) is 0 Å². The minimum atomic E-state index is -2.67. The number of guanidine groups is 1. The lowest BCUT2D eigenvalue weighted by atomic mass is 10.1. The highest BCUT2D eigenvalue weighted by Crippen LogP contribution is 2.30. The van der Waals surface area contributed by atoms with Gasteiger partial charge in [0.25, 0.3) is 0 Å². The lowest BCUT2D eigenvalue weighted by Crippen LogP contribution is -2.38. The van der Waals surface area contributed by atoms with Crippen molar-refractivity contribution in [3.8, 4) is 5.75 Å². The third kappa shape index (κ3) is 6.78. The van der Waals surface area contributed by atoms with Crippen LogP contribution < -0.4 is 15.4 Å². The summed E-state index contributed by atoms with van der Waals surface area (Å²) in [6.45, 7) is 2.22. The van der Waals surface area contributed by atoms with Gasteiger partial charge in [-0.3, -0.25) is 4.57 Å². The van der Waals surface area contributed by atoms with Gasteiger partial charge in [0.1, 0.15) is 12.4 Å². The summed E-state index contributed by atoms with van der Waals surface area (Å²) in [6, 6.07) is 4.62. The lowest BCUT2D eigenvalue weighted by Gasteiger charge is -2.19. The van der Waals surface area contributed by atoms with Crippen molar-refractivity contribution in [2.75, 3.05) is 13.2 Å². The number of imidazole rings is 1. The minimum absolute atomic E-state index is 0. The van der Waals surface area contributed by atoms with E-state index in [1.54, 1.807) is 12.1 Å². The van der Waals surface area contributed by atoms with Gasteiger partial charge < -0.3 is 15.4 Å². The second-order valence-electron chi connectivity index (χ2n) is 7.03. The molecule has 1 aliphatic rings. The molecule has 1 unspecified atom stereocenters. The highest BCUT2D eigenvalue weighted by molar-refractivity contribution is 14.0. The molecule has 30 heavy (non-hydrogen) atoms. The maximum atomic E-state index is 14.3. The fourth-order valence-electron chi connectivity index (χ4n) is 2.80. The molecule has 0 bridgehead atoms. The molecule has 1 atom stereocenters. The first-order valence-corrected chi connectivity index (χ1v) is 9.74. The van der Waals surface area contributed by atoms with Gasteiger partial charge in [0, 0.05) is 18.9 Å². The number of aliphatic imine (C=N–C) groups is 1. The smallest absolute Gasteiger partial charge is 0.319 e. The molecule has 1 aromatic carbocycles. The highest BCUT2D eigenvalue weighted by atomic mass is 127. The van der Waals surface area contributed by atoms with E-state index in [4.69, 9.17) is 4.74 Å². The molecule has 1 saturated carbocycles. The summed E-state index contributed by atoms with van der Waals surface area (Å²) < 4.78 is 46.5. The molecule has 2 aromatic rings. The van der Waals surface area contributed by atoms with Crippen LogP contribution in [0.15, 0.2) is 35.6 Å². The standard InChI is InChI=1S/C20H26F3N5O.HI/c1-3-24-20(26-11-18-25-8-9-28(18)19(22)23)27-13(2)15-6-7-17(16(21)10-15)29-12-14-4-5-14;/h6-10,13-14,19H,3-5,11-12H2,1-2H3,(H2,24,26,27);1H. The van der Waals surface area contributed by atoms with Crippen LogP contribution in [0, 0.1) is 11.7 Å². The molecule has 1 aliphatic carbocycles. The number of rotatable bonds is 9. The van der Waals surface area contributed by atoms with Crippen LogP contribution in [-0.4, -0.2) is 28.7 Å². The van der Waals surface area contributed by atoms with Crippen LogP contribution >= 0.6 is 24.0 Å². The Balaban J connectivity index is 0.00000320. The van der Waals surface area contributed by atoms with E-state index < -0.39 is 12.4 Å². The van der Waals surface area contributed by atoms with Gasteiger partial charge in [-0.2, -0.15) is 8.78 Å². The summed E-state index contributed by atoms with van der Waals surface area (Å²) in [5.41, 5.74) is 0.723. The zero-order valence-corrected chi connectivity index (χ0v) is 19.3. The number of hydrogen-bond acceptors (Lipinski definition) is 3. The normalized spacial score (nSPS) is 14.9. The number of nitrogens with zero attached hydrogens (tertiary/aromatic N) is 3. The van der Waals surface area contributed by atoms with Crippen molar-refractivity contribution >= 4 is 29.9 Å². The first kappa shape index (κ1) is 24.3. The van der Waals surface area contributed by atoms with Crippen LogP contribution in [-0.2, 0) is 6.54 Å². The largest absolute Gasteiger partial charge is 0.490 e. The van der Waals surface area contributed by atoms with E-state index >= 15 is 0 Å². The maximum absolute atomic E-state index is 14.3. The molecule has 6 nitrogen and oxygen atoms in total. The second-order valence-corrected chi connectivity index (χ2v) is 7.03. The molecule has 166 valence electrons. The number of benzene rings is 1. The molecule has 1 fully saturated rings. The van der Waals surface area contributed by atoms with Crippen molar-refractivity contribution < 1.29 is 17.9 Å². The lowest BCUT2D eigenvalue weighted by molar-refractivity contribution is 0.0671. The molecule has 0 saturated heterocycles. The molecule has 0 radical (unpaired) electrons. The Morgan fingerprint density at radius 3 is 2.77 bits per heavy atom. The van der Waals surface area contributed by atoms with Crippen LogP contribution in [0.5, 0.6) is 5.75 Å². The van der Waals surface area contributed by atoms with E-state index in [2.05, 4.69) is 20.6 Å². The fourth-order valence-corrected chi connectivity index (χ4v) is 2.80. The van der Waals surface area contributed by atoms with Crippen LogP contribution in [0.1, 0.15) is 50.7 Å². The number of ether oxygens (including phenoxy) is 1. The van der Waals surface area contributed by atoms with Gasteiger partial charge >= 0.3 is 6.55 Å². The number of halogens is 4. The Bertz CT molecular complexity index is 842. The fraction of sp³-hybridized carbons (Fsp3) is 0.500. The van der Waals surface area contributed by atoms with E-state index in [1.165, 1.54) is 18.5 Å². The summed E-state index contributed by atoms with van der Waals surface area (Å²) in [6.07, 6.45) is 4.82. The van der Waals surface area contributed by atoms with Crippen molar-refractivity contribution in [2.45, 2.75) is 45.8 Å². The van der Waals surface area contributed by atoms with Gasteiger partial charge in [-0.15, -0.1) is 24.0 Å². The number of hydrogen-bond donors (Lipinski definition) is 2. The maximum Gasteiger partial charge on any atom is 0.319 e. The van der Waals surface area contributed by atoms with Crippen molar-refractivity contribution in [1.82, 2.24) is 20.2 Å². The Kier molecular flexibility index (Phi) is 9.25. The third-order valence-electron chi connectivity index (χ3n) is 4.66. The molecule has 2 N–H and O–H groups in total. The van der Waals surface area contributed by atoms with Gasteiger partial charge in [-0.1, -0.05) is 6.07 Å². The minimum Gasteiger partial charge on any atom is -0.490 e. The average molecular weight is 537 g/mol. The molecule has 0 aliphatic heterocycles. The Labute approximate surface area is 191 Å².